The zero-order valence-corrected chi connectivity index (χ0v) is 13.3. The van der Waals surface area contributed by atoms with Gasteiger partial charge in [-0.2, -0.15) is 0 Å². The summed E-state index contributed by atoms with van der Waals surface area (Å²) in [5, 5.41) is 3.77. The fourth-order valence-electron chi connectivity index (χ4n) is 6.38. The molecule has 3 nitrogen and oxygen atoms in total. The van der Waals surface area contributed by atoms with E-state index < -0.39 is 0 Å². The summed E-state index contributed by atoms with van der Waals surface area (Å²) in [6, 6.07) is 9.60. The fourth-order valence-corrected chi connectivity index (χ4v) is 6.38. The number of carbonyl (C=O) groups excluding carboxylic acids is 1. The van der Waals surface area contributed by atoms with Gasteiger partial charge in [-0.3, -0.25) is 4.79 Å². The van der Waals surface area contributed by atoms with Crippen molar-refractivity contribution in [3.63, 3.8) is 0 Å². The molecule has 1 saturated carbocycles. The molecular formula is C19H24N2O. The fraction of sp³-hybridized carbons (Fsp3) is 0.632. The maximum Gasteiger partial charge on any atom is 0.223 e. The first-order valence-corrected chi connectivity index (χ1v) is 8.87. The number of carbonyl (C=O) groups is 1. The maximum atomic E-state index is 12.9. The molecule has 0 unspecified atom stereocenters. The molecule has 2 saturated heterocycles. The molecule has 3 aliphatic heterocycles. The maximum absolute atomic E-state index is 12.9. The topological polar surface area (TPSA) is 32.3 Å². The van der Waals surface area contributed by atoms with E-state index in [1.54, 1.807) is 0 Å². The Bertz CT molecular complexity index is 657. The predicted molar refractivity (Wildman–Crippen MR) is 86.8 cm³/mol. The number of anilines is 1. The lowest BCUT2D eigenvalue weighted by molar-refractivity contribution is -0.134. The summed E-state index contributed by atoms with van der Waals surface area (Å²) in [4.78, 5) is 15.1. The van der Waals surface area contributed by atoms with E-state index in [0.717, 1.165) is 6.54 Å². The molecule has 1 amide bonds. The molecule has 5 rings (SSSR count). The molecule has 1 aliphatic carbocycles. The van der Waals surface area contributed by atoms with Gasteiger partial charge < -0.3 is 10.2 Å². The molecule has 3 heterocycles. The highest BCUT2D eigenvalue weighted by Gasteiger charge is 2.68. The highest BCUT2D eigenvalue weighted by molar-refractivity contribution is 5.85. The van der Waals surface area contributed by atoms with Crippen LogP contribution in [-0.4, -0.2) is 29.4 Å². The van der Waals surface area contributed by atoms with E-state index >= 15 is 0 Å². The van der Waals surface area contributed by atoms with Gasteiger partial charge in [0.1, 0.15) is 0 Å². The zero-order valence-electron chi connectivity index (χ0n) is 13.3. The van der Waals surface area contributed by atoms with Crippen molar-refractivity contribution >= 4 is 11.6 Å². The Morgan fingerprint density at radius 1 is 1.32 bits per heavy atom. The molecule has 3 fully saturated rings. The summed E-state index contributed by atoms with van der Waals surface area (Å²) < 4.78 is 0. The Labute approximate surface area is 132 Å². The van der Waals surface area contributed by atoms with Crippen molar-refractivity contribution in [3.05, 3.63) is 29.8 Å². The van der Waals surface area contributed by atoms with Gasteiger partial charge in [-0.15, -0.1) is 0 Å². The van der Waals surface area contributed by atoms with Crippen molar-refractivity contribution in [2.75, 3.05) is 11.9 Å². The molecule has 0 radical (unpaired) electrons. The first-order valence-electron chi connectivity index (χ1n) is 8.87. The van der Waals surface area contributed by atoms with Gasteiger partial charge >= 0.3 is 0 Å². The third kappa shape index (κ3) is 1.28. The van der Waals surface area contributed by atoms with Crippen LogP contribution in [0.25, 0.3) is 0 Å². The number of nitrogens with one attached hydrogen (secondary N) is 1. The number of rotatable bonds is 1. The molecule has 3 heteroatoms. The monoisotopic (exact) mass is 296 g/mol. The number of benzene rings is 1. The van der Waals surface area contributed by atoms with Crippen molar-refractivity contribution < 1.29 is 4.79 Å². The summed E-state index contributed by atoms with van der Waals surface area (Å²) >= 11 is 0. The van der Waals surface area contributed by atoms with Gasteiger partial charge in [0, 0.05) is 36.2 Å². The minimum atomic E-state index is 0.0301. The Balaban J connectivity index is 1.76. The van der Waals surface area contributed by atoms with Gasteiger partial charge in [-0.05, 0) is 49.1 Å². The largest absolute Gasteiger partial charge is 0.381 e. The van der Waals surface area contributed by atoms with Gasteiger partial charge in [0.05, 0.1) is 0 Å². The lowest BCUT2D eigenvalue weighted by Gasteiger charge is -2.57. The summed E-state index contributed by atoms with van der Waals surface area (Å²) in [5.74, 6) is 0.396. The summed E-state index contributed by atoms with van der Waals surface area (Å²) in [6.07, 6.45) is 6.89. The van der Waals surface area contributed by atoms with Gasteiger partial charge in [-0.25, -0.2) is 0 Å². The second kappa shape index (κ2) is 4.06. The van der Waals surface area contributed by atoms with E-state index in [2.05, 4.69) is 41.4 Å². The van der Waals surface area contributed by atoms with Crippen LogP contribution in [0.5, 0.6) is 0 Å². The quantitative estimate of drug-likeness (QED) is 0.862. The lowest BCUT2D eigenvalue weighted by Crippen LogP contribution is -2.63. The van der Waals surface area contributed by atoms with Crippen molar-refractivity contribution in [3.8, 4) is 0 Å². The van der Waals surface area contributed by atoms with E-state index in [1.807, 2.05) is 0 Å². The molecule has 1 aromatic carbocycles. The van der Waals surface area contributed by atoms with E-state index in [9.17, 15) is 4.79 Å². The molecule has 0 aromatic heterocycles. The standard InChI is InChI=1S/C19H24N2O/c1-2-18-9-5-11-21-16(22)12-19(17(18)21)13-6-3-4-7-14(13)20-15(19)8-10-18/h3-4,6-7,15,17,20H,2,5,8-12H2,1H3/t15-,17-,18-,19-/m1/s1. The second-order valence-corrected chi connectivity index (χ2v) is 7.81. The minimum Gasteiger partial charge on any atom is -0.381 e. The zero-order chi connectivity index (χ0) is 14.9. The van der Waals surface area contributed by atoms with Gasteiger partial charge in [0.15, 0.2) is 0 Å². The SMILES string of the molecule is CC[C@@]12CCCN3C(=O)C[C@]4(c5ccccc5N[C@@H]4CC1)[C@H]32. The van der Waals surface area contributed by atoms with Gasteiger partial charge in [0.25, 0.3) is 0 Å². The molecule has 1 spiro atoms. The highest BCUT2D eigenvalue weighted by Crippen LogP contribution is 2.64. The summed E-state index contributed by atoms with van der Waals surface area (Å²) in [5.41, 5.74) is 3.07. The van der Waals surface area contributed by atoms with Crippen LogP contribution in [0.1, 0.15) is 51.0 Å². The van der Waals surface area contributed by atoms with E-state index in [0.29, 0.717) is 29.8 Å². The van der Waals surface area contributed by atoms with Crippen LogP contribution in [0, 0.1) is 5.41 Å². The highest BCUT2D eigenvalue weighted by atomic mass is 16.2. The Kier molecular flexibility index (Phi) is 2.40. The smallest absolute Gasteiger partial charge is 0.223 e. The third-order valence-electron chi connectivity index (χ3n) is 7.23. The first kappa shape index (κ1) is 13.0. The summed E-state index contributed by atoms with van der Waals surface area (Å²) in [7, 11) is 0. The van der Waals surface area contributed by atoms with Crippen LogP contribution in [-0.2, 0) is 10.2 Å². The molecule has 0 bridgehead atoms. The number of amides is 1. The number of hydrogen-bond donors (Lipinski definition) is 1. The van der Waals surface area contributed by atoms with E-state index in [-0.39, 0.29) is 5.41 Å². The van der Waals surface area contributed by atoms with E-state index in [4.69, 9.17) is 0 Å². The summed E-state index contributed by atoms with van der Waals surface area (Å²) in [6.45, 7) is 3.32. The molecule has 4 aliphatic rings. The normalized spacial score (nSPS) is 41.7. The second-order valence-electron chi connectivity index (χ2n) is 7.81. The third-order valence-corrected chi connectivity index (χ3v) is 7.23. The Morgan fingerprint density at radius 3 is 3.05 bits per heavy atom. The molecule has 4 atom stereocenters. The molecule has 1 aromatic rings. The number of nitrogens with zero attached hydrogens (tertiary/aromatic N) is 1. The average Bonchev–Trinajstić information content (AvgIpc) is 3.04. The Hall–Kier alpha value is -1.51. The molecule has 116 valence electrons. The number of fused-ring (bicyclic) bond motifs is 1. The molecule has 1 N–H and O–H groups in total. The van der Waals surface area contributed by atoms with Crippen LogP contribution < -0.4 is 5.32 Å². The van der Waals surface area contributed by atoms with Crippen molar-refractivity contribution in [2.24, 2.45) is 5.41 Å². The lowest BCUT2D eigenvalue weighted by atomic mass is 9.52. The van der Waals surface area contributed by atoms with Gasteiger partial charge in [-0.1, -0.05) is 25.1 Å². The minimum absolute atomic E-state index is 0.0301. The first-order chi connectivity index (χ1) is 10.7. The van der Waals surface area contributed by atoms with Crippen LogP contribution in [0.2, 0.25) is 0 Å². The number of hydrogen-bond acceptors (Lipinski definition) is 2. The molecule has 22 heavy (non-hydrogen) atoms. The van der Waals surface area contributed by atoms with Crippen molar-refractivity contribution in [2.45, 2.75) is 62.9 Å². The van der Waals surface area contributed by atoms with Crippen LogP contribution in [0.4, 0.5) is 5.69 Å². The average molecular weight is 296 g/mol. The number of piperidine rings is 1. The Morgan fingerprint density at radius 2 is 2.18 bits per heavy atom. The number of para-hydroxylation sites is 1. The van der Waals surface area contributed by atoms with Crippen LogP contribution in [0.15, 0.2) is 24.3 Å². The van der Waals surface area contributed by atoms with Crippen molar-refractivity contribution in [1.82, 2.24) is 4.90 Å². The van der Waals surface area contributed by atoms with Crippen molar-refractivity contribution in [1.29, 1.82) is 0 Å². The van der Waals surface area contributed by atoms with Crippen LogP contribution >= 0.6 is 0 Å². The van der Waals surface area contributed by atoms with Gasteiger partial charge in [0.2, 0.25) is 5.91 Å². The van der Waals surface area contributed by atoms with Crippen LogP contribution in [0.3, 0.4) is 0 Å². The predicted octanol–water partition coefficient (Wildman–Crippen LogP) is 3.30. The molecular weight excluding hydrogens is 272 g/mol. The van der Waals surface area contributed by atoms with E-state index in [1.165, 1.54) is 43.4 Å².